The van der Waals surface area contributed by atoms with Gasteiger partial charge in [-0.2, -0.15) is 5.10 Å². The number of amides is 1. The summed E-state index contributed by atoms with van der Waals surface area (Å²) < 4.78 is 28.1. The van der Waals surface area contributed by atoms with Gasteiger partial charge in [-0.15, -0.1) is 0 Å². The van der Waals surface area contributed by atoms with Gasteiger partial charge in [0.15, 0.2) is 11.6 Å². The lowest BCUT2D eigenvalue weighted by atomic mass is 10.0. The van der Waals surface area contributed by atoms with Crippen LogP contribution in [0.3, 0.4) is 0 Å². The second-order valence-electron chi connectivity index (χ2n) is 6.80. The average molecular weight is 371 g/mol. The van der Waals surface area contributed by atoms with E-state index in [1.54, 1.807) is 16.8 Å². The molecule has 1 saturated heterocycles. The van der Waals surface area contributed by atoms with Gasteiger partial charge in [0.05, 0.1) is 22.8 Å². The molecule has 27 heavy (non-hydrogen) atoms. The average Bonchev–Trinajstić information content (AvgIpc) is 2.88. The van der Waals surface area contributed by atoms with Gasteiger partial charge in [-0.05, 0) is 31.2 Å². The maximum absolute atomic E-state index is 13.3. The summed E-state index contributed by atoms with van der Waals surface area (Å²) in [6, 6.07) is 7.14. The van der Waals surface area contributed by atoms with E-state index >= 15 is 0 Å². The number of carbonyl (C=O) groups excluding carboxylic acids is 1. The van der Waals surface area contributed by atoms with Crippen molar-refractivity contribution in [3.63, 3.8) is 0 Å². The number of nitrogens with two attached hydrogens (primary N) is 1. The molecule has 3 N–H and O–H groups in total. The van der Waals surface area contributed by atoms with Gasteiger partial charge in [-0.25, -0.2) is 8.78 Å². The summed E-state index contributed by atoms with van der Waals surface area (Å²) in [5.41, 5.74) is 9.26. The molecule has 1 aromatic heterocycles. The maximum Gasteiger partial charge on any atom is 0.253 e. The van der Waals surface area contributed by atoms with E-state index in [0.29, 0.717) is 30.0 Å². The SMILES string of the molecule is Cc1c2c(N)c(C(=O)NC3CN(c4ccc(F)c(F)c4)C3)ccc2nn1C. The van der Waals surface area contributed by atoms with E-state index in [2.05, 4.69) is 10.4 Å². The molecule has 2 aromatic carbocycles. The van der Waals surface area contributed by atoms with Crippen LogP contribution in [0.2, 0.25) is 0 Å². The van der Waals surface area contributed by atoms with Crippen LogP contribution in [0, 0.1) is 18.6 Å². The van der Waals surface area contributed by atoms with E-state index in [-0.39, 0.29) is 11.9 Å². The molecule has 0 spiro atoms. The first-order chi connectivity index (χ1) is 12.8. The minimum absolute atomic E-state index is 0.0873. The van der Waals surface area contributed by atoms with Crippen molar-refractivity contribution >= 4 is 28.2 Å². The Morgan fingerprint density at radius 2 is 1.96 bits per heavy atom. The molecular weight excluding hydrogens is 352 g/mol. The summed E-state index contributed by atoms with van der Waals surface area (Å²) in [7, 11) is 1.83. The molecule has 0 bridgehead atoms. The number of benzene rings is 2. The number of hydrogen-bond acceptors (Lipinski definition) is 4. The minimum atomic E-state index is -0.882. The predicted molar refractivity (Wildman–Crippen MR) is 99.7 cm³/mol. The van der Waals surface area contributed by atoms with Gasteiger partial charge < -0.3 is 16.0 Å². The van der Waals surface area contributed by atoms with Crippen LogP contribution in [-0.2, 0) is 7.05 Å². The van der Waals surface area contributed by atoms with Gasteiger partial charge in [0.2, 0.25) is 0 Å². The normalized spacial score (nSPS) is 14.4. The molecule has 0 atom stereocenters. The number of nitrogen functional groups attached to an aromatic ring is 1. The third kappa shape index (κ3) is 2.87. The van der Waals surface area contributed by atoms with E-state index < -0.39 is 11.6 Å². The van der Waals surface area contributed by atoms with E-state index in [1.807, 2.05) is 18.9 Å². The van der Waals surface area contributed by atoms with E-state index in [1.165, 1.54) is 6.07 Å². The highest BCUT2D eigenvalue weighted by Gasteiger charge is 2.29. The van der Waals surface area contributed by atoms with Crippen molar-refractivity contribution < 1.29 is 13.6 Å². The highest BCUT2D eigenvalue weighted by atomic mass is 19.2. The number of aryl methyl sites for hydroxylation is 2. The first-order valence-electron chi connectivity index (χ1n) is 8.58. The van der Waals surface area contributed by atoms with E-state index in [0.717, 1.165) is 28.7 Å². The number of anilines is 2. The van der Waals surface area contributed by atoms with E-state index in [9.17, 15) is 13.6 Å². The molecule has 1 aliphatic heterocycles. The zero-order chi connectivity index (χ0) is 19.3. The number of halogens is 2. The van der Waals surface area contributed by atoms with Crippen LogP contribution in [-0.4, -0.2) is 34.8 Å². The highest BCUT2D eigenvalue weighted by Crippen LogP contribution is 2.28. The Hall–Kier alpha value is -3.16. The summed E-state index contributed by atoms with van der Waals surface area (Å²) in [6.07, 6.45) is 0. The third-order valence-corrected chi connectivity index (χ3v) is 5.06. The van der Waals surface area contributed by atoms with Gasteiger partial charge >= 0.3 is 0 Å². The second-order valence-corrected chi connectivity index (χ2v) is 6.80. The quantitative estimate of drug-likeness (QED) is 0.693. The summed E-state index contributed by atoms with van der Waals surface area (Å²) in [5.74, 6) is -2.01. The van der Waals surface area contributed by atoms with Gasteiger partial charge in [0.1, 0.15) is 0 Å². The number of carbonyl (C=O) groups is 1. The molecule has 0 unspecified atom stereocenters. The molecule has 140 valence electrons. The first-order valence-corrected chi connectivity index (χ1v) is 8.58. The fourth-order valence-electron chi connectivity index (χ4n) is 3.39. The van der Waals surface area contributed by atoms with Crippen molar-refractivity contribution in [2.24, 2.45) is 7.05 Å². The number of nitrogens with zero attached hydrogens (tertiary/aromatic N) is 3. The standard InChI is InChI=1S/C19H19F2N5O/c1-10-17-16(24-25(10)2)6-4-13(18(17)22)19(27)23-11-8-26(9-11)12-3-5-14(20)15(21)7-12/h3-7,11H,8-9,22H2,1-2H3,(H,23,27). The topological polar surface area (TPSA) is 76.2 Å². The van der Waals surface area contributed by atoms with Crippen LogP contribution in [0.25, 0.3) is 10.9 Å². The smallest absolute Gasteiger partial charge is 0.253 e. The Morgan fingerprint density at radius 3 is 2.67 bits per heavy atom. The van der Waals surface area contributed by atoms with Crippen LogP contribution >= 0.6 is 0 Å². The van der Waals surface area contributed by atoms with Crippen LogP contribution in [0.4, 0.5) is 20.2 Å². The first kappa shape index (κ1) is 17.3. The maximum atomic E-state index is 13.3. The second kappa shape index (κ2) is 6.22. The lowest BCUT2D eigenvalue weighted by Crippen LogP contribution is -2.59. The Balaban J connectivity index is 1.46. The van der Waals surface area contributed by atoms with Crippen LogP contribution < -0.4 is 16.0 Å². The van der Waals surface area contributed by atoms with Crippen molar-refractivity contribution in [2.75, 3.05) is 23.7 Å². The van der Waals surface area contributed by atoms with Gasteiger partial charge in [-0.1, -0.05) is 0 Å². The lowest BCUT2D eigenvalue weighted by molar-refractivity contribution is 0.0931. The number of nitrogens with one attached hydrogen (secondary N) is 1. The molecule has 3 aromatic rings. The van der Waals surface area contributed by atoms with Crippen LogP contribution in [0.1, 0.15) is 16.1 Å². The Kier molecular flexibility index (Phi) is 3.98. The number of aromatic nitrogens is 2. The summed E-state index contributed by atoms with van der Waals surface area (Å²) >= 11 is 0. The molecule has 1 aliphatic rings. The van der Waals surface area contributed by atoms with Gasteiger partial charge in [0, 0.05) is 43.0 Å². The van der Waals surface area contributed by atoms with Gasteiger partial charge in [0.25, 0.3) is 5.91 Å². The monoisotopic (exact) mass is 371 g/mol. The Morgan fingerprint density at radius 1 is 1.22 bits per heavy atom. The van der Waals surface area contributed by atoms with Crippen molar-refractivity contribution in [1.82, 2.24) is 15.1 Å². The highest BCUT2D eigenvalue weighted by molar-refractivity contribution is 6.07. The predicted octanol–water partition coefficient (Wildman–Crippen LogP) is 2.36. The number of fused-ring (bicyclic) bond motifs is 1. The zero-order valence-corrected chi connectivity index (χ0v) is 15.0. The molecule has 6 nitrogen and oxygen atoms in total. The van der Waals surface area contributed by atoms with Crippen LogP contribution in [0.5, 0.6) is 0 Å². The van der Waals surface area contributed by atoms with E-state index in [4.69, 9.17) is 5.73 Å². The van der Waals surface area contributed by atoms with Crippen molar-refractivity contribution in [2.45, 2.75) is 13.0 Å². The molecule has 8 heteroatoms. The van der Waals surface area contributed by atoms with Gasteiger partial charge in [-0.3, -0.25) is 9.48 Å². The number of rotatable bonds is 3. The van der Waals surface area contributed by atoms with Crippen molar-refractivity contribution in [3.05, 3.63) is 53.2 Å². The molecule has 1 amide bonds. The summed E-state index contributed by atoms with van der Waals surface area (Å²) in [6.45, 7) is 2.94. The van der Waals surface area contributed by atoms with Crippen LogP contribution in [0.15, 0.2) is 30.3 Å². The Bertz CT molecular complexity index is 1060. The molecular formula is C19H19F2N5O. The number of hydrogen-bond donors (Lipinski definition) is 2. The minimum Gasteiger partial charge on any atom is -0.397 e. The van der Waals surface area contributed by atoms with Crippen molar-refractivity contribution in [1.29, 1.82) is 0 Å². The fourth-order valence-corrected chi connectivity index (χ4v) is 3.39. The molecule has 2 heterocycles. The molecule has 0 aliphatic carbocycles. The third-order valence-electron chi connectivity index (χ3n) is 5.06. The largest absolute Gasteiger partial charge is 0.397 e. The molecule has 0 saturated carbocycles. The van der Waals surface area contributed by atoms with Crippen molar-refractivity contribution in [3.8, 4) is 0 Å². The lowest BCUT2D eigenvalue weighted by Gasteiger charge is -2.41. The molecule has 0 radical (unpaired) electrons. The molecule has 4 rings (SSSR count). The molecule has 1 fully saturated rings. The summed E-state index contributed by atoms with van der Waals surface area (Å²) in [5, 5.41) is 8.07. The fraction of sp³-hybridized carbons (Fsp3) is 0.263. The Labute approximate surface area is 154 Å². The zero-order valence-electron chi connectivity index (χ0n) is 15.0. The summed E-state index contributed by atoms with van der Waals surface area (Å²) in [4.78, 5) is 14.5.